The molecule has 0 aliphatic heterocycles. The molecule has 0 heterocycles. The minimum absolute atomic E-state index is 0.199. The van der Waals surface area contributed by atoms with E-state index in [9.17, 15) is 4.79 Å². The Bertz CT molecular complexity index is 148. The van der Waals surface area contributed by atoms with Crippen molar-refractivity contribution in [2.45, 2.75) is 20.3 Å². The van der Waals surface area contributed by atoms with E-state index in [0.717, 1.165) is 0 Å². The molecule has 10 heavy (non-hydrogen) atoms. The van der Waals surface area contributed by atoms with Crippen molar-refractivity contribution in [3.05, 3.63) is 0 Å². The summed E-state index contributed by atoms with van der Waals surface area (Å²) < 4.78 is 4.62. The van der Waals surface area contributed by atoms with Gasteiger partial charge in [0.1, 0.15) is 0 Å². The summed E-state index contributed by atoms with van der Waals surface area (Å²) in [7, 11) is 0. The molecule has 0 aliphatic carbocycles. The molecule has 0 aliphatic rings. The van der Waals surface area contributed by atoms with Gasteiger partial charge in [0.15, 0.2) is 0 Å². The molecule has 3 nitrogen and oxygen atoms in total. The van der Waals surface area contributed by atoms with Crippen molar-refractivity contribution in [2.75, 3.05) is 6.61 Å². The molecule has 0 bridgehead atoms. The molecule has 0 unspecified atom stereocenters. The highest BCUT2D eigenvalue weighted by molar-refractivity contribution is 5.69. The lowest BCUT2D eigenvalue weighted by Gasteiger charge is -2.00. The lowest BCUT2D eigenvalue weighted by Crippen LogP contribution is -2.07. The Balaban J connectivity index is 3.49. The average Bonchev–Trinajstić information content (AvgIpc) is 1.88. The molecule has 0 rings (SSSR count). The molecule has 0 aromatic carbocycles. The second kappa shape index (κ2) is 4.80. The third kappa shape index (κ3) is 3.90. The van der Waals surface area contributed by atoms with Crippen LogP contribution in [-0.4, -0.2) is 12.6 Å². The van der Waals surface area contributed by atoms with Crippen LogP contribution in [0, 0.1) is 17.2 Å². The molecule has 0 saturated carbocycles. The predicted molar refractivity (Wildman–Crippen MR) is 36.0 cm³/mol. The highest BCUT2D eigenvalue weighted by atomic mass is 16.5. The van der Waals surface area contributed by atoms with E-state index in [4.69, 9.17) is 5.26 Å². The second-order valence-electron chi connectivity index (χ2n) is 2.04. The number of esters is 1. The highest BCUT2D eigenvalue weighted by Crippen LogP contribution is 2.00. The topological polar surface area (TPSA) is 50.1 Å². The molecule has 3 heteroatoms. The minimum atomic E-state index is -0.295. The van der Waals surface area contributed by atoms with Crippen LogP contribution in [0.5, 0.6) is 0 Å². The summed E-state index contributed by atoms with van der Waals surface area (Å²) >= 11 is 0. The molecule has 0 saturated heterocycles. The average molecular weight is 141 g/mol. The molecule has 0 aromatic rings. The molecule has 0 radical (unpaired) electrons. The summed E-state index contributed by atoms with van der Waals surface area (Å²) in [6, 6.07) is 1.95. The van der Waals surface area contributed by atoms with Gasteiger partial charge in [-0.25, -0.2) is 0 Å². The molecular formula is C7H11NO2. The van der Waals surface area contributed by atoms with E-state index >= 15 is 0 Å². The van der Waals surface area contributed by atoms with Crippen LogP contribution in [0.4, 0.5) is 0 Å². The Kier molecular flexibility index (Phi) is 4.30. The SMILES string of the molecule is CCOC(=O)C[C@@H](C)C#N. The van der Waals surface area contributed by atoms with Crippen LogP contribution < -0.4 is 0 Å². The first kappa shape index (κ1) is 8.96. The van der Waals surface area contributed by atoms with Crippen molar-refractivity contribution >= 4 is 5.97 Å². The van der Waals surface area contributed by atoms with E-state index in [-0.39, 0.29) is 18.3 Å². The first-order chi connectivity index (χ1) is 4.70. The molecule has 0 amide bonds. The van der Waals surface area contributed by atoms with Gasteiger partial charge in [-0.3, -0.25) is 4.79 Å². The highest BCUT2D eigenvalue weighted by Gasteiger charge is 2.07. The Morgan fingerprint density at radius 1 is 1.80 bits per heavy atom. The smallest absolute Gasteiger partial charge is 0.307 e. The molecule has 0 spiro atoms. The van der Waals surface area contributed by atoms with E-state index in [1.807, 2.05) is 6.07 Å². The van der Waals surface area contributed by atoms with Crippen LogP contribution in [-0.2, 0) is 9.53 Å². The second-order valence-corrected chi connectivity index (χ2v) is 2.04. The molecule has 0 aromatic heterocycles. The number of carbonyl (C=O) groups excluding carboxylic acids is 1. The van der Waals surface area contributed by atoms with Gasteiger partial charge >= 0.3 is 5.97 Å². The van der Waals surface area contributed by atoms with Crippen molar-refractivity contribution in [3.63, 3.8) is 0 Å². The first-order valence-electron chi connectivity index (χ1n) is 3.26. The van der Waals surface area contributed by atoms with Crippen molar-refractivity contribution in [2.24, 2.45) is 5.92 Å². The van der Waals surface area contributed by atoms with E-state index in [1.54, 1.807) is 13.8 Å². The Morgan fingerprint density at radius 3 is 2.80 bits per heavy atom. The number of hydrogen-bond acceptors (Lipinski definition) is 3. The zero-order valence-electron chi connectivity index (χ0n) is 6.26. The van der Waals surface area contributed by atoms with Crippen molar-refractivity contribution < 1.29 is 9.53 Å². The van der Waals surface area contributed by atoms with Crippen LogP contribution >= 0.6 is 0 Å². The van der Waals surface area contributed by atoms with Crippen LogP contribution in [0.15, 0.2) is 0 Å². The van der Waals surface area contributed by atoms with Gasteiger partial charge in [0, 0.05) is 0 Å². The summed E-state index contributed by atoms with van der Waals surface area (Å²) in [5, 5.41) is 8.29. The number of ether oxygens (including phenoxy) is 1. The number of hydrogen-bond donors (Lipinski definition) is 0. The third-order valence-corrected chi connectivity index (χ3v) is 0.999. The van der Waals surface area contributed by atoms with Crippen LogP contribution in [0.3, 0.4) is 0 Å². The van der Waals surface area contributed by atoms with Gasteiger partial charge in [-0.2, -0.15) is 5.26 Å². The normalized spacial score (nSPS) is 11.7. The molecule has 1 atom stereocenters. The summed E-state index contributed by atoms with van der Waals surface area (Å²) in [6.45, 7) is 3.82. The zero-order valence-corrected chi connectivity index (χ0v) is 6.26. The summed E-state index contributed by atoms with van der Waals surface area (Å²) in [5.41, 5.74) is 0. The predicted octanol–water partition coefficient (Wildman–Crippen LogP) is 1.10. The summed E-state index contributed by atoms with van der Waals surface area (Å²) in [6.07, 6.45) is 0.199. The quantitative estimate of drug-likeness (QED) is 0.553. The maximum absolute atomic E-state index is 10.6. The van der Waals surface area contributed by atoms with Gasteiger partial charge in [-0.1, -0.05) is 0 Å². The first-order valence-corrected chi connectivity index (χ1v) is 3.26. The molecule has 0 fully saturated rings. The Labute approximate surface area is 60.6 Å². The monoisotopic (exact) mass is 141 g/mol. The lowest BCUT2D eigenvalue weighted by atomic mass is 10.1. The van der Waals surface area contributed by atoms with Crippen LogP contribution in [0.2, 0.25) is 0 Å². The van der Waals surface area contributed by atoms with E-state index in [1.165, 1.54) is 0 Å². The summed E-state index contributed by atoms with van der Waals surface area (Å²) in [5.74, 6) is -0.532. The van der Waals surface area contributed by atoms with E-state index < -0.39 is 0 Å². The van der Waals surface area contributed by atoms with Gasteiger partial charge in [0.05, 0.1) is 25.0 Å². The minimum Gasteiger partial charge on any atom is -0.466 e. The lowest BCUT2D eigenvalue weighted by molar-refractivity contribution is -0.143. The van der Waals surface area contributed by atoms with E-state index in [2.05, 4.69) is 4.74 Å². The maximum Gasteiger partial charge on any atom is 0.307 e. The molecule has 56 valence electrons. The number of carbonyl (C=O) groups is 1. The van der Waals surface area contributed by atoms with Crippen LogP contribution in [0.1, 0.15) is 20.3 Å². The Morgan fingerprint density at radius 2 is 2.40 bits per heavy atom. The number of rotatable bonds is 3. The fourth-order valence-corrected chi connectivity index (χ4v) is 0.516. The fourth-order valence-electron chi connectivity index (χ4n) is 0.516. The standard InChI is InChI=1S/C7H11NO2/c1-3-10-7(9)4-6(2)5-8/h6H,3-4H2,1-2H3/t6-/m1/s1. The van der Waals surface area contributed by atoms with Crippen molar-refractivity contribution in [1.82, 2.24) is 0 Å². The maximum atomic E-state index is 10.6. The van der Waals surface area contributed by atoms with Gasteiger partial charge in [0.25, 0.3) is 0 Å². The number of nitriles is 1. The van der Waals surface area contributed by atoms with Gasteiger partial charge in [0.2, 0.25) is 0 Å². The Hall–Kier alpha value is -1.04. The molecule has 0 N–H and O–H groups in total. The fraction of sp³-hybridized carbons (Fsp3) is 0.714. The van der Waals surface area contributed by atoms with Crippen LogP contribution in [0.25, 0.3) is 0 Å². The molecular weight excluding hydrogens is 130 g/mol. The van der Waals surface area contributed by atoms with Crippen molar-refractivity contribution in [3.8, 4) is 6.07 Å². The van der Waals surface area contributed by atoms with Gasteiger partial charge in [-0.15, -0.1) is 0 Å². The zero-order chi connectivity index (χ0) is 7.98. The van der Waals surface area contributed by atoms with E-state index in [0.29, 0.717) is 6.61 Å². The third-order valence-electron chi connectivity index (χ3n) is 0.999. The van der Waals surface area contributed by atoms with Gasteiger partial charge in [-0.05, 0) is 13.8 Å². The largest absolute Gasteiger partial charge is 0.466 e. The van der Waals surface area contributed by atoms with Crippen molar-refractivity contribution in [1.29, 1.82) is 5.26 Å². The van der Waals surface area contributed by atoms with Gasteiger partial charge < -0.3 is 4.74 Å². The number of nitrogens with zero attached hydrogens (tertiary/aromatic N) is 1. The summed E-state index contributed by atoms with van der Waals surface area (Å²) in [4.78, 5) is 10.6.